The van der Waals surface area contributed by atoms with Crippen molar-refractivity contribution in [2.24, 2.45) is 11.5 Å². The van der Waals surface area contributed by atoms with Crippen LogP contribution in [0.2, 0.25) is 0 Å². The molecule has 0 rings (SSSR count). The van der Waals surface area contributed by atoms with E-state index in [1.54, 1.807) is 5.32 Å². The number of rotatable bonds is 5. The zero-order chi connectivity index (χ0) is 13.7. The number of nitrogens with one attached hydrogen (secondary N) is 1. The van der Waals surface area contributed by atoms with E-state index in [4.69, 9.17) is 10.8 Å². The lowest BCUT2D eigenvalue weighted by atomic mass is 10.0. The number of primary amides is 1. The topological polar surface area (TPSA) is 179 Å². The molecule has 0 aliphatic rings. The summed E-state index contributed by atoms with van der Waals surface area (Å²) < 4.78 is 0. The van der Waals surface area contributed by atoms with E-state index in [1.165, 1.54) is 0 Å². The predicted octanol–water partition coefficient (Wildman–Crippen LogP) is -4.72. The summed E-state index contributed by atoms with van der Waals surface area (Å²) in [5, 5.41) is 38.1. The van der Waals surface area contributed by atoms with Crippen LogP contribution in [0.3, 0.4) is 0 Å². The second-order valence-electron chi connectivity index (χ2n) is 3.13. The molecule has 0 aromatic carbocycles. The van der Waals surface area contributed by atoms with Gasteiger partial charge in [0.1, 0.15) is 12.2 Å². The van der Waals surface area contributed by atoms with Crippen LogP contribution in [0, 0.1) is 0 Å². The molecule has 0 saturated heterocycles. The van der Waals surface area contributed by atoms with Gasteiger partial charge in [-0.15, -0.1) is 0 Å². The molecule has 0 spiro atoms. The highest BCUT2D eigenvalue weighted by Gasteiger charge is 2.36. The minimum absolute atomic E-state index is 0.453. The fraction of sp³-hybridized carbons (Fsp3) is 0.571. The molecule has 9 N–H and O–H groups in total. The maximum absolute atomic E-state index is 11.1. The minimum Gasteiger partial charge on any atom is -0.387 e. The van der Waals surface area contributed by atoms with Gasteiger partial charge in [0.25, 0.3) is 5.91 Å². The Bertz CT molecular complexity index is 325. The van der Waals surface area contributed by atoms with Gasteiger partial charge in [0.2, 0.25) is 5.91 Å². The van der Waals surface area contributed by atoms with Crippen LogP contribution in [0.1, 0.15) is 0 Å². The van der Waals surface area contributed by atoms with Crippen molar-refractivity contribution in [3.05, 3.63) is 0 Å². The molecule has 0 bridgehead atoms. The fourth-order valence-electron chi connectivity index (χ4n) is 0.892. The van der Waals surface area contributed by atoms with Gasteiger partial charge in [-0.2, -0.15) is 0 Å². The van der Waals surface area contributed by atoms with Gasteiger partial charge in [0, 0.05) is 0 Å². The van der Waals surface area contributed by atoms with Gasteiger partial charge in [-0.25, -0.2) is 0 Å². The first kappa shape index (κ1) is 15.7. The van der Waals surface area contributed by atoms with Crippen LogP contribution >= 0.6 is 12.2 Å². The maximum atomic E-state index is 11.1. The Labute approximate surface area is 101 Å². The van der Waals surface area contributed by atoms with Crippen LogP contribution in [0.4, 0.5) is 0 Å². The van der Waals surface area contributed by atoms with Gasteiger partial charge >= 0.3 is 0 Å². The number of amides is 2. The minimum atomic E-state index is -2.14. The summed E-state index contributed by atoms with van der Waals surface area (Å²) >= 11 is 4.30. The number of aliphatic hydroxyl groups is 4. The maximum Gasteiger partial charge on any atom is 0.257 e. The Kier molecular flexibility index (Phi) is 5.91. The summed E-state index contributed by atoms with van der Waals surface area (Å²) in [4.78, 5) is 21.6. The first-order valence-corrected chi connectivity index (χ1v) is 4.71. The number of aliphatic hydroxyl groups excluding tert-OH is 4. The Morgan fingerprint density at radius 2 is 1.41 bits per heavy atom. The number of thiocarbonyl (C=S) groups is 1. The predicted molar refractivity (Wildman–Crippen MR) is 58.1 cm³/mol. The molecule has 0 aromatic heterocycles. The van der Waals surface area contributed by atoms with Crippen molar-refractivity contribution in [3.63, 3.8) is 0 Å². The van der Waals surface area contributed by atoms with Gasteiger partial charge in [0.05, 0.1) is 0 Å². The van der Waals surface area contributed by atoms with Gasteiger partial charge in [-0.1, -0.05) is 0 Å². The summed E-state index contributed by atoms with van der Waals surface area (Å²) in [6, 6.07) is 0. The second-order valence-corrected chi connectivity index (χ2v) is 3.57. The third kappa shape index (κ3) is 4.58. The standard InChI is InChI=1S/C7H13N3O6S/c8-5(15)3(13)1(11)2(12)4(14)6(16)10-7(9)17/h1-4,11-14H,(H2,8,15)(H3,9,10,16,17)/t1-,2-,3-,4+/m0/s1. The zero-order valence-electron chi connectivity index (χ0n) is 8.48. The molecule has 0 aliphatic heterocycles. The number of hydrogen-bond donors (Lipinski definition) is 7. The third-order valence-electron chi connectivity index (χ3n) is 1.80. The number of nitrogens with two attached hydrogens (primary N) is 2. The van der Waals surface area contributed by atoms with Crippen molar-refractivity contribution in [1.29, 1.82) is 0 Å². The van der Waals surface area contributed by atoms with E-state index >= 15 is 0 Å². The second kappa shape index (κ2) is 6.42. The molecule has 0 heterocycles. The molecule has 9 nitrogen and oxygen atoms in total. The molecule has 98 valence electrons. The molecule has 2 amide bonds. The van der Waals surface area contributed by atoms with E-state index in [1.807, 2.05) is 0 Å². The number of carbonyl (C=O) groups is 2. The highest BCUT2D eigenvalue weighted by molar-refractivity contribution is 7.80. The summed E-state index contributed by atoms with van der Waals surface area (Å²) in [5.74, 6) is -2.51. The van der Waals surface area contributed by atoms with E-state index in [0.717, 1.165) is 0 Å². The molecule has 0 aliphatic carbocycles. The average molecular weight is 267 g/mol. The van der Waals surface area contributed by atoms with Crippen LogP contribution in [0.15, 0.2) is 0 Å². The first-order valence-electron chi connectivity index (χ1n) is 4.30. The molecule has 0 aromatic rings. The van der Waals surface area contributed by atoms with Crippen molar-refractivity contribution in [1.82, 2.24) is 5.32 Å². The molecule has 10 heteroatoms. The van der Waals surface area contributed by atoms with E-state index in [2.05, 4.69) is 18.0 Å². The Morgan fingerprint density at radius 1 is 1.00 bits per heavy atom. The van der Waals surface area contributed by atoms with Crippen molar-refractivity contribution in [3.8, 4) is 0 Å². The Morgan fingerprint density at radius 3 is 1.76 bits per heavy atom. The largest absolute Gasteiger partial charge is 0.387 e. The molecule has 0 fully saturated rings. The van der Waals surface area contributed by atoms with E-state index in [-0.39, 0.29) is 0 Å². The summed E-state index contributed by atoms with van der Waals surface area (Å²) in [5.41, 5.74) is 9.58. The monoisotopic (exact) mass is 267 g/mol. The molecular weight excluding hydrogens is 254 g/mol. The fourth-order valence-corrected chi connectivity index (χ4v) is 0.993. The Hall–Kier alpha value is -1.33. The highest BCUT2D eigenvalue weighted by Crippen LogP contribution is 2.05. The lowest BCUT2D eigenvalue weighted by molar-refractivity contribution is -0.153. The van der Waals surface area contributed by atoms with Crippen LogP contribution < -0.4 is 16.8 Å². The molecule has 0 unspecified atom stereocenters. The SMILES string of the molecule is NC(=O)[C@@H](O)[C@@H](O)[C@H](O)[C@@H](O)C(=O)NC(N)=S. The van der Waals surface area contributed by atoms with Crippen LogP contribution in [0.5, 0.6) is 0 Å². The molecule has 0 saturated carbocycles. The zero-order valence-corrected chi connectivity index (χ0v) is 9.29. The number of hydrogen-bond acceptors (Lipinski definition) is 7. The molecule has 17 heavy (non-hydrogen) atoms. The van der Waals surface area contributed by atoms with Crippen LogP contribution in [-0.2, 0) is 9.59 Å². The van der Waals surface area contributed by atoms with Gasteiger partial charge < -0.3 is 37.2 Å². The van der Waals surface area contributed by atoms with Gasteiger partial charge in [0.15, 0.2) is 17.3 Å². The smallest absolute Gasteiger partial charge is 0.257 e. The highest BCUT2D eigenvalue weighted by atomic mass is 32.1. The van der Waals surface area contributed by atoms with Crippen LogP contribution in [-0.4, -0.2) is 61.8 Å². The molecule has 4 atom stereocenters. The Balaban J connectivity index is 4.58. The average Bonchev–Trinajstić information content (AvgIpc) is 2.23. The van der Waals surface area contributed by atoms with Crippen molar-refractivity contribution < 1.29 is 30.0 Å². The van der Waals surface area contributed by atoms with Crippen molar-refractivity contribution in [2.45, 2.75) is 24.4 Å². The summed E-state index contributed by atoms with van der Waals surface area (Å²) in [6.45, 7) is 0. The lowest BCUT2D eigenvalue weighted by Gasteiger charge is -2.24. The van der Waals surface area contributed by atoms with Gasteiger partial charge in [-0.3, -0.25) is 9.59 Å². The quantitative estimate of drug-likeness (QED) is 0.242. The molecule has 0 radical (unpaired) electrons. The first-order chi connectivity index (χ1) is 7.68. The van der Waals surface area contributed by atoms with E-state index < -0.39 is 41.3 Å². The van der Waals surface area contributed by atoms with E-state index in [9.17, 15) is 24.9 Å². The summed E-state index contributed by atoms with van der Waals surface area (Å²) in [6.07, 6.45) is -8.52. The lowest BCUT2D eigenvalue weighted by Crippen LogP contribution is -2.54. The van der Waals surface area contributed by atoms with Crippen molar-refractivity contribution in [2.75, 3.05) is 0 Å². The molecular formula is C7H13N3O6S. The van der Waals surface area contributed by atoms with Crippen molar-refractivity contribution >= 4 is 29.1 Å². The van der Waals surface area contributed by atoms with Crippen LogP contribution in [0.25, 0.3) is 0 Å². The summed E-state index contributed by atoms with van der Waals surface area (Å²) in [7, 11) is 0. The normalized spacial score (nSPS) is 17.6. The third-order valence-corrected chi connectivity index (χ3v) is 1.91. The van der Waals surface area contributed by atoms with E-state index in [0.29, 0.717) is 0 Å². The van der Waals surface area contributed by atoms with Gasteiger partial charge in [-0.05, 0) is 12.2 Å². The number of carbonyl (C=O) groups excluding carboxylic acids is 2.